The molecule has 2 amide bonds. The van der Waals surface area contributed by atoms with Crippen LogP contribution in [0.15, 0.2) is 11.6 Å². The summed E-state index contributed by atoms with van der Waals surface area (Å²) in [4.78, 5) is 25.4. The Balaban J connectivity index is 2.83. The Bertz CT molecular complexity index is 349. The van der Waals surface area contributed by atoms with Crippen LogP contribution in [-0.2, 0) is 9.59 Å². The average molecular weight is 238 g/mol. The van der Waals surface area contributed by atoms with Crippen LogP contribution in [0.2, 0.25) is 0 Å². The summed E-state index contributed by atoms with van der Waals surface area (Å²) in [5.41, 5.74) is 0.896. The molecule has 0 saturated carbocycles. The van der Waals surface area contributed by atoms with E-state index >= 15 is 0 Å². The van der Waals surface area contributed by atoms with E-state index in [0.29, 0.717) is 6.54 Å². The number of carbonyl (C=O) groups excluding carboxylic acids is 2. The standard InChI is InChI=1S/C13H22N2O2/c1-9(2)6-7-15-8-10(16)14-11(12(15)17)13(3,4)5/h6,11H,7-8H2,1-5H3,(H,14,16). The predicted octanol–water partition coefficient (Wildman–Crippen LogP) is 1.33. The Morgan fingerprint density at radius 2 is 2.00 bits per heavy atom. The number of hydrogen-bond donors (Lipinski definition) is 1. The fraction of sp³-hybridized carbons (Fsp3) is 0.692. The lowest BCUT2D eigenvalue weighted by Gasteiger charge is -2.38. The summed E-state index contributed by atoms with van der Waals surface area (Å²) in [6, 6.07) is -0.422. The van der Waals surface area contributed by atoms with E-state index in [-0.39, 0.29) is 23.8 Å². The molecule has 0 aliphatic carbocycles. The first-order chi connectivity index (χ1) is 7.71. The molecule has 1 atom stereocenters. The predicted molar refractivity (Wildman–Crippen MR) is 67.4 cm³/mol. The Morgan fingerprint density at radius 3 is 2.47 bits per heavy atom. The van der Waals surface area contributed by atoms with Crippen LogP contribution in [0.1, 0.15) is 34.6 Å². The normalized spacial score (nSPS) is 21.2. The minimum Gasteiger partial charge on any atom is -0.342 e. The molecule has 0 aromatic rings. The summed E-state index contributed by atoms with van der Waals surface area (Å²) in [7, 11) is 0. The van der Waals surface area contributed by atoms with E-state index in [2.05, 4.69) is 5.32 Å². The minimum absolute atomic E-state index is 0.00889. The maximum Gasteiger partial charge on any atom is 0.246 e. The fourth-order valence-corrected chi connectivity index (χ4v) is 1.74. The van der Waals surface area contributed by atoms with Crippen molar-refractivity contribution in [2.24, 2.45) is 5.41 Å². The van der Waals surface area contributed by atoms with Crippen LogP contribution in [-0.4, -0.2) is 35.8 Å². The van der Waals surface area contributed by atoms with Gasteiger partial charge < -0.3 is 10.2 Å². The molecule has 4 nitrogen and oxygen atoms in total. The molecular formula is C13H22N2O2. The zero-order valence-electron chi connectivity index (χ0n) is 11.3. The van der Waals surface area contributed by atoms with Crippen molar-refractivity contribution < 1.29 is 9.59 Å². The highest BCUT2D eigenvalue weighted by Gasteiger charge is 2.39. The van der Waals surface area contributed by atoms with E-state index in [1.165, 1.54) is 0 Å². The molecule has 96 valence electrons. The molecule has 0 spiro atoms. The number of nitrogens with zero attached hydrogens (tertiary/aromatic N) is 1. The first kappa shape index (κ1) is 13.7. The van der Waals surface area contributed by atoms with E-state index in [0.717, 1.165) is 5.57 Å². The number of hydrogen-bond acceptors (Lipinski definition) is 2. The van der Waals surface area contributed by atoms with Crippen molar-refractivity contribution in [2.75, 3.05) is 13.1 Å². The lowest BCUT2D eigenvalue weighted by molar-refractivity contribution is -0.146. The monoisotopic (exact) mass is 238 g/mol. The fourth-order valence-electron chi connectivity index (χ4n) is 1.74. The summed E-state index contributed by atoms with van der Waals surface area (Å²) < 4.78 is 0. The molecule has 1 heterocycles. The molecule has 4 heteroatoms. The number of piperazine rings is 1. The van der Waals surface area contributed by atoms with Crippen LogP contribution in [0.4, 0.5) is 0 Å². The second kappa shape index (κ2) is 4.90. The van der Waals surface area contributed by atoms with Crippen molar-refractivity contribution in [3.8, 4) is 0 Å². The van der Waals surface area contributed by atoms with Crippen LogP contribution in [0.25, 0.3) is 0 Å². The van der Waals surface area contributed by atoms with Gasteiger partial charge in [-0.2, -0.15) is 0 Å². The van der Waals surface area contributed by atoms with Crippen LogP contribution in [0.3, 0.4) is 0 Å². The van der Waals surface area contributed by atoms with Gasteiger partial charge in [0.25, 0.3) is 0 Å². The Kier molecular flexibility index (Phi) is 3.96. The lowest BCUT2D eigenvalue weighted by atomic mass is 9.85. The first-order valence-corrected chi connectivity index (χ1v) is 5.93. The summed E-state index contributed by atoms with van der Waals surface area (Å²) >= 11 is 0. The summed E-state index contributed by atoms with van der Waals surface area (Å²) in [6.07, 6.45) is 1.97. The van der Waals surface area contributed by atoms with Crippen molar-refractivity contribution in [3.63, 3.8) is 0 Å². The largest absolute Gasteiger partial charge is 0.342 e. The van der Waals surface area contributed by atoms with Gasteiger partial charge in [-0.05, 0) is 19.3 Å². The molecule has 1 rings (SSSR count). The van der Waals surface area contributed by atoms with E-state index in [1.54, 1.807) is 4.90 Å². The van der Waals surface area contributed by atoms with Gasteiger partial charge in [0.1, 0.15) is 6.04 Å². The Labute approximate surface area is 103 Å². The third-order valence-electron chi connectivity index (χ3n) is 2.78. The minimum atomic E-state index is -0.422. The highest BCUT2D eigenvalue weighted by Crippen LogP contribution is 2.23. The van der Waals surface area contributed by atoms with Gasteiger partial charge in [0.2, 0.25) is 11.8 Å². The maximum atomic E-state index is 12.2. The van der Waals surface area contributed by atoms with Crippen LogP contribution < -0.4 is 5.32 Å². The SMILES string of the molecule is CC(C)=CCN1CC(=O)NC(C(C)(C)C)C1=O. The number of carbonyl (C=O) groups is 2. The molecule has 1 aliphatic rings. The second-order valence-corrected chi connectivity index (χ2v) is 5.87. The van der Waals surface area contributed by atoms with E-state index in [9.17, 15) is 9.59 Å². The van der Waals surface area contributed by atoms with Gasteiger partial charge in [-0.25, -0.2) is 0 Å². The van der Waals surface area contributed by atoms with Crippen molar-refractivity contribution in [1.82, 2.24) is 10.2 Å². The molecule has 0 bridgehead atoms. The zero-order chi connectivity index (χ0) is 13.2. The summed E-state index contributed by atoms with van der Waals surface area (Å²) in [5, 5.41) is 2.77. The zero-order valence-corrected chi connectivity index (χ0v) is 11.3. The highest BCUT2D eigenvalue weighted by atomic mass is 16.2. The number of rotatable bonds is 2. The van der Waals surface area contributed by atoms with Crippen molar-refractivity contribution in [1.29, 1.82) is 0 Å². The van der Waals surface area contributed by atoms with Crippen molar-refractivity contribution in [3.05, 3.63) is 11.6 Å². The molecule has 1 N–H and O–H groups in total. The van der Waals surface area contributed by atoms with E-state index in [1.807, 2.05) is 40.7 Å². The summed E-state index contributed by atoms with van der Waals surface area (Å²) in [6.45, 7) is 10.5. The number of nitrogens with one attached hydrogen (secondary N) is 1. The Hall–Kier alpha value is -1.32. The smallest absolute Gasteiger partial charge is 0.246 e. The third kappa shape index (κ3) is 3.58. The van der Waals surface area contributed by atoms with Crippen molar-refractivity contribution >= 4 is 11.8 Å². The van der Waals surface area contributed by atoms with Gasteiger partial charge in [0, 0.05) is 6.54 Å². The molecule has 0 aromatic carbocycles. The van der Waals surface area contributed by atoms with Gasteiger partial charge in [-0.3, -0.25) is 9.59 Å². The van der Waals surface area contributed by atoms with Gasteiger partial charge in [0.15, 0.2) is 0 Å². The topological polar surface area (TPSA) is 49.4 Å². The molecule has 1 aliphatic heterocycles. The molecule has 1 unspecified atom stereocenters. The van der Waals surface area contributed by atoms with E-state index in [4.69, 9.17) is 0 Å². The molecule has 17 heavy (non-hydrogen) atoms. The van der Waals surface area contributed by atoms with Crippen LogP contribution in [0.5, 0.6) is 0 Å². The van der Waals surface area contributed by atoms with Crippen molar-refractivity contribution in [2.45, 2.75) is 40.7 Å². The molecular weight excluding hydrogens is 216 g/mol. The second-order valence-electron chi connectivity index (χ2n) is 5.87. The van der Waals surface area contributed by atoms with Gasteiger partial charge >= 0.3 is 0 Å². The number of amides is 2. The lowest BCUT2D eigenvalue weighted by Crippen LogP contribution is -2.62. The maximum absolute atomic E-state index is 12.2. The van der Waals surface area contributed by atoms with Gasteiger partial charge in [0.05, 0.1) is 6.54 Å². The first-order valence-electron chi connectivity index (χ1n) is 5.93. The highest BCUT2D eigenvalue weighted by molar-refractivity contribution is 5.95. The Morgan fingerprint density at radius 1 is 1.41 bits per heavy atom. The van der Waals surface area contributed by atoms with Gasteiger partial charge in [-0.1, -0.05) is 32.4 Å². The van der Waals surface area contributed by atoms with Crippen LogP contribution >= 0.6 is 0 Å². The third-order valence-corrected chi connectivity index (χ3v) is 2.78. The molecule has 1 fully saturated rings. The van der Waals surface area contributed by atoms with Crippen LogP contribution in [0, 0.1) is 5.41 Å². The summed E-state index contributed by atoms with van der Waals surface area (Å²) in [5.74, 6) is -0.0683. The molecule has 1 saturated heterocycles. The quantitative estimate of drug-likeness (QED) is 0.738. The number of allylic oxidation sites excluding steroid dienone is 1. The van der Waals surface area contributed by atoms with Gasteiger partial charge in [-0.15, -0.1) is 0 Å². The van der Waals surface area contributed by atoms with E-state index < -0.39 is 6.04 Å². The average Bonchev–Trinajstić information content (AvgIpc) is 2.17. The molecule has 0 radical (unpaired) electrons. The molecule has 0 aromatic heterocycles.